The Bertz CT molecular complexity index is 1340. The second-order valence-corrected chi connectivity index (χ2v) is 12.2. The normalized spacial score (nSPS) is 29.9. The highest BCUT2D eigenvalue weighted by molar-refractivity contribution is 5.64. The van der Waals surface area contributed by atoms with Gasteiger partial charge in [-0.1, -0.05) is 6.07 Å². The van der Waals surface area contributed by atoms with Crippen molar-refractivity contribution < 1.29 is 18.6 Å². The molecule has 3 fully saturated rings. The first kappa shape index (κ1) is 26.0. The number of hydrogen-bond acceptors (Lipinski definition) is 8. The Labute approximate surface area is 235 Å². The van der Waals surface area contributed by atoms with Gasteiger partial charge >= 0.3 is 0 Å². The monoisotopic (exact) mass is 547 g/mol. The Morgan fingerprint density at radius 3 is 3.00 bits per heavy atom. The topological polar surface area (TPSA) is 96.9 Å². The van der Waals surface area contributed by atoms with E-state index in [1.54, 1.807) is 0 Å². The molecule has 212 valence electrons. The number of fused-ring (bicyclic) bond motifs is 4. The van der Waals surface area contributed by atoms with Crippen molar-refractivity contribution in [2.75, 3.05) is 56.6 Å². The number of alkyl halides is 1. The van der Waals surface area contributed by atoms with Gasteiger partial charge < -0.3 is 24.8 Å². The summed E-state index contributed by atoms with van der Waals surface area (Å²) in [7, 11) is 0. The van der Waals surface area contributed by atoms with Crippen LogP contribution in [0.15, 0.2) is 18.2 Å². The number of nitrogens with two attached hydrogens (primary N) is 1. The van der Waals surface area contributed by atoms with E-state index in [4.69, 9.17) is 24.9 Å². The smallest absolute Gasteiger partial charge is 0.215 e. The van der Waals surface area contributed by atoms with Crippen LogP contribution in [0.2, 0.25) is 0 Å². The highest BCUT2D eigenvalue weighted by Gasteiger charge is 2.50. The minimum Gasteiger partial charge on any atom is -0.476 e. The van der Waals surface area contributed by atoms with Gasteiger partial charge in [0.2, 0.25) is 5.88 Å². The third-order valence-corrected chi connectivity index (χ3v) is 9.84. The van der Waals surface area contributed by atoms with Crippen molar-refractivity contribution >= 4 is 11.4 Å². The van der Waals surface area contributed by atoms with Crippen molar-refractivity contribution in [3.05, 3.63) is 46.1 Å². The van der Waals surface area contributed by atoms with Gasteiger partial charge in [-0.3, -0.25) is 4.90 Å². The van der Waals surface area contributed by atoms with Crippen molar-refractivity contribution in [3.8, 4) is 11.9 Å². The van der Waals surface area contributed by atoms with E-state index in [1.165, 1.54) is 0 Å². The predicted molar refractivity (Wildman–Crippen MR) is 149 cm³/mol. The molecule has 1 aromatic heterocycles. The Morgan fingerprint density at radius 2 is 2.10 bits per heavy atom. The molecule has 40 heavy (non-hydrogen) atoms. The number of benzene rings is 1. The SMILES string of the molecule is N#Cc1c(N)ccc2c1C1(CCC2)Cc2nc(OC[C@@]34CCCN3C[C@H](F)C4)cc(N3CCCOCC3)c2CO1. The van der Waals surface area contributed by atoms with Gasteiger partial charge in [-0.2, -0.15) is 5.26 Å². The Balaban J connectivity index is 1.27. The summed E-state index contributed by atoms with van der Waals surface area (Å²) >= 11 is 0. The summed E-state index contributed by atoms with van der Waals surface area (Å²) in [6.07, 6.45) is 5.99. The second-order valence-electron chi connectivity index (χ2n) is 12.2. The molecule has 9 heteroatoms. The molecule has 0 amide bonds. The standard InChI is InChI=1S/C31H38FN5O3/c32-22-15-30(7-2-10-37(30)18-22)20-39-28-14-27(36-9-3-12-38-13-11-36)24-19-40-31(16-26(24)35-28)8-1-4-21-5-6-25(34)23(17-33)29(21)31/h5-6,14,22H,1-4,7-13,15-16,18-20,34H2/t22-,30+,31?/m1/s1. The van der Waals surface area contributed by atoms with Crippen LogP contribution in [-0.2, 0) is 34.5 Å². The van der Waals surface area contributed by atoms with E-state index in [0.29, 0.717) is 56.3 Å². The van der Waals surface area contributed by atoms with Gasteiger partial charge in [0.1, 0.15) is 24.4 Å². The molecule has 5 heterocycles. The molecule has 3 atom stereocenters. The number of pyridine rings is 1. The summed E-state index contributed by atoms with van der Waals surface area (Å²) in [5.74, 6) is 0.587. The summed E-state index contributed by atoms with van der Waals surface area (Å²) < 4.78 is 33.4. The lowest BCUT2D eigenvalue weighted by molar-refractivity contribution is -0.0855. The zero-order chi connectivity index (χ0) is 27.3. The van der Waals surface area contributed by atoms with Gasteiger partial charge in [0, 0.05) is 67.7 Å². The molecule has 0 bridgehead atoms. The second kappa shape index (κ2) is 10.2. The van der Waals surface area contributed by atoms with Gasteiger partial charge in [-0.05, 0) is 56.7 Å². The number of aromatic nitrogens is 1. The average Bonchev–Trinajstić information content (AvgIpc) is 3.33. The van der Waals surface area contributed by atoms with Gasteiger partial charge in [-0.15, -0.1) is 0 Å². The summed E-state index contributed by atoms with van der Waals surface area (Å²) in [5, 5.41) is 10.1. The van der Waals surface area contributed by atoms with Crippen LogP contribution >= 0.6 is 0 Å². The van der Waals surface area contributed by atoms with Crippen LogP contribution < -0.4 is 15.4 Å². The number of anilines is 2. The zero-order valence-corrected chi connectivity index (χ0v) is 23.1. The maximum absolute atomic E-state index is 14.4. The molecule has 2 aromatic rings. The molecule has 0 saturated carbocycles. The number of aryl methyl sites for hydroxylation is 1. The van der Waals surface area contributed by atoms with Gasteiger partial charge in [0.25, 0.3) is 0 Å². The van der Waals surface area contributed by atoms with E-state index in [0.717, 1.165) is 92.8 Å². The fourth-order valence-electron chi connectivity index (χ4n) is 7.94. The fraction of sp³-hybridized carbons (Fsp3) is 0.613. The number of ether oxygens (including phenoxy) is 3. The minimum atomic E-state index is -0.793. The predicted octanol–water partition coefficient (Wildman–Crippen LogP) is 4.02. The lowest BCUT2D eigenvalue weighted by Gasteiger charge is -2.43. The summed E-state index contributed by atoms with van der Waals surface area (Å²) in [6, 6.07) is 8.31. The quantitative estimate of drug-likeness (QED) is 0.574. The van der Waals surface area contributed by atoms with Crippen LogP contribution in [0, 0.1) is 11.3 Å². The van der Waals surface area contributed by atoms with Crippen LogP contribution in [0.4, 0.5) is 15.8 Å². The molecule has 1 aromatic carbocycles. The third-order valence-electron chi connectivity index (χ3n) is 9.84. The van der Waals surface area contributed by atoms with E-state index in [1.807, 2.05) is 12.1 Å². The maximum atomic E-state index is 14.4. The minimum absolute atomic E-state index is 0.237. The van der Waals surface area contributed by atoms with Crippen molar-refractivity contribution in [2.24, 2.45) is 0 Å². The highest BCUT2D eigenvalue weighted by atomic mass is 19.1. The van der Waals surface area contributed by atoms with Gasteiger partial charge in [0.05, 0.1) is 30.0 Å². The number of halogens is 1. The number of hydrogen-bond donors (Lipinski definition) is 1. The maximum Gasteiger partial charge on any atom is 0.215 e. The Hall–Kier alpha value is -2.93. The Morgan fingerprint density at radius 1 is 1.18 bits per heavy atom. The van der Waals surface area contributed by atoms with E-state index in [9.17, 15) is 9.65 Å². The molecular weight excluding hydrogens is 509 g/mol. The first-order chi connectivity index (χ1) is 19.5. The molecule has 3 saturated heterocycles. The molecule has 4 aliphatic heterocycles. The van der Waals surface area contributed by atoms with Crippen LogP contribution in [-0.4, -0.2) is 67.6 Å². The van der Waals surface area contributed by atoms with Crippen LogP contribution in [0.5, 0.6) is 5.88 Å². The number of rotatable bonds is 4. The first-order valence-corrected chi connectivity index (χ1v) is 14.8. The lowest BCUT2D eigenvalue weighted by atomic mass is 9.72. The molecule has 2 N–H and O–H groups in total. The number of nitrogen functional groups attached to an aromatic ring is 1. The van der Waals surface area contributed by atoms with Crippen molar-refractivity contribution in [1.82, 2.24) is 9.88 Å². The molecule has 1 aliphatic carbocycles. The van der Waals surface area contributed by atoms with E-state index in [-0.39, 0.29) is 5.54 Å². The molecule has 8 nitrogen and oxygen atoms in total. The van der Waals surface area contributed by atoms with Crippen LogP contribution in [0.1, 0.15) is 66.5 Å². The largest absolute Gasteiger partial charge is 0.476 e. The number of nitriles is 1. The van der Waals surface area contributed by atoms with E-state index < -0.39 is 11.8 Å². The van der Waals surface area contributed by atoms with Gasteiger partial charge in [0.15, 0.2) is 0 Å². The van der Waals surface area contributed by atoms with E-state index in [2.05, 4.69) is 21.9 Å². The highest BCUT2D eigenvalue weighted by Crippen LogP contribution is 2.49. The fourth-order valence-corrected chi connectivity index (χ4v) is 7.94. The molecule has 0 radical (unpaired) electrons. The molecule has 7 rings (SSSR count). The summed E-state index contributed by atoms with van der Waals surface area (Å²) in [6.45, 7) is 5.40. The summed E-state index contributed by atoms with van der Waals surface area (Å²) in [4.78, 5) is 9.74. The summed E-state index contributed by atoms with van der Waals surface area (Å²) in [5.41, 5.74) is 11.6. The molecule has 1 spiro atoms. The van der Waals surface area contributed by atoms with Crippen molar-refractivity contribution in [1.29, 1.82) is 5.26 Å². The van der Waals surface area contributed by atoms with Gasteiger partial charge in [-0.25, -0.2) is 9.37 Å². The zero-order valence-electron chi connectivity index (χ0n) is 23.1. The first-order valence-electron chi connectivity index (χ1n) is 14.8. The molecule has 1 unspecified atom stereocenters. The van der Waals surface area contributed by atoms with Crippen molar-refractivity contribution in [2.45, 2.75) is 75.3 Å². The third kappa shape index (κ3) is 4.32. The average molecular weight is 548 g/mol. The molecular formula is C31H38FN5O3. The molecule has 5 aliphatic rings. The number of nitrogens with zero attached hydrogens (tertiary/aromatic N) is 4. The van der Waals surface area contributed by atoms with Crippen LogP contribution in [0.25, 0.3) is 0 Å². The van der Waals surface area contributed by atoms with Crippen molar-refractivity contribution in [3.63, 3.8) is 0 Å². The van der Waals surface area contributed by atoms with Crippen LogP contribution in [0.3, 0.4) is 0 Å². The van der Waals surface area contributed by atoms with E-state index >= 15 is 0 Å². The Kier molecular flexibility index (Phi) is 6.61. The lowest BCUT2D eigenvalue weighted by Crippen LogP contribution is -2.43.